The summed E-state index contributed by atoms with van der Waals surface area (Å²) in [5.41, 5.74) is 0.0936. The standard InChI is InChI=1S/C15H15F3N2O3S/c1-3-22-10-6-5-9(7-11(10)23-4-2)20-14(21)12-13(15(16,17)18)19-8-24-12/h5-8H,3-4H2,1-2H3,(H,20,21). The fraction of sp³-hybridized carbons (Fsp3) is 0.333. The third kappa shape index (κ3) is 4.16. The molecule has 1 aromatic carbocycles. The van der Waals surface area contributed by atoms with Crippen LogP contribution in [0.25, 0.3) is 0 Å². The number of benzene rings is 1. The van der Waals surface area contributed by atoms with Crippen molar-refractivity contribution in [2.24, 2.45) is 0 Å². The van der Waals surface area contributed by atoms with Gasteiger partial charge >= 0.3 is 6.18 Å². The molecule has 0 aliphatic rings. The zero-order valence-electron chi connectivity index (χ0n) is 12.9. The number of hydrogen-bond acceptors (Lipinski definition) is 5. The highest BCUT2D eigenvalue weighted by molar-refractivity contribution is 7.12. The van der Waals surface area contributed by atoms with Crippen molar-refractivity contribution in [3.05, 3.63) is 34.3 Å². The minimum atomic E-state index is -4.68. The van der Waals surface area contributed by atoms with Crippen LogP contribution in [0.3, 0.4) is 0 Å². The van der Waals surface area contributed by atoms with Crippen LogP contribution in [0.15, 0.2) is 23.7 Å². The first kappa shape index (κ1) is 18.1. The van der Waals surface area contributed by atoms with Crippen LogP contribution in [0.5, 0.6) is 11.5 Å². The first-order valence-electron chi connectivity index (χ1n) is 7.08. The lowest BCUT2D eigenvalue weighted by Gasteiger charge is -2.13. The minimum absolute atomic E-state index is 0.299. The maximum absolute atomic E-state index is 12.8. The van der Waals surface area contributed by atoms with E-state index in [9.17, 15) is 18.0 Å². The summed E-state index contributed by atoms with van der Waals surface area (Å²) in [6, 6.07) is 4.61. The van der Waals surface area contributed by atoms with E-state index >= 15 is 0 Å². The fourth-order valence-electron chi connectivity index (χ4n) is 1.93. The van der Waals surface area contributed by atoms with Crippen LogP contribution in [-0.4, -0.2) is 24.1 Å². The zero-order valence-corrected chi connectivity index (χ0v) is 13.8. The summed E-state index contributed by atoms with van der Waals surface area (Å²) in [5.74, 6) is 0.0139. The maximum atomic E-state index is 12.8. The van der Waals surface area contributed by atoms with E-state index in [1.165, 1.54) is 12.1 Å². The Hall–Kier alpha value is -2.29. The lowest BCUT2D eigenvalue weighted by molar-refractivity contribution is -0.141. The molecule has 0 aliphatic carbocycles. The van der Waals surface area contributed by atoms with Gasteiger partial charge in [-0.25, -0.2) is 4.98 Å². The van der Waals surface area contributed by atoms with Crippen LogP contribution >= 0.6 is 11.3 Å². The number of nitrogens with zero attached hydrogens (tertiary/aromatic N) is 1. The van der Waals surface area contributed by atoms with Gasteiger partial charge in [0.15, 0.2) is 17.2 Å². The van der Waals surface area contributed by atoms with Crippen LogP contribution in [0.1, 0.15) is 29.2 Å². The number of rotatable bonds is 6. The summed E-state index contributed by atoms with van der Waals surface area (Å²) < 4.78 is 49.2. The van der Waals surface area contributed by atoms with E-state index in [1.54, 1.807) is 13.0 Å². The van der Waals surface area contributed by atoms with E-state index in [-0.39, 0.29) is 0 Å². The van der Waals surface area contributed by atoms with Crippen LogP contribution in [0.4, 0.5) is 18.9 Å². The number of halogens is 3. The number of ether oxygens (including phenoxy) is 2. The van der Waals surface area contributed by atoms with Crippen molar-refractivity contribution in [2.75, 3.05) is 18.5 Å². The summed E-state index contributed by atoms with van der Waals surface area (Å²) in [7, 11) is 0. The second-order valence-electron chi connectivity index (χ2n) is 4.51. The van der Waals surface area contributed by atoms with Crippen LogP contribution in [-0.2, 0) is 6.18 Å². The lowest BCUT2D eigenvalue weighted by atomic mass is 10.2. The van der Waals surface area contributed by atoms with Gasteiger partial charge < -0.3 is 14.8 Å². The highest BCUT2D eigenvalue weighted by Gasteiger charge is 2.38. The summed E-state index contributed by atoms with van der Waals surface area (Å²) in [5, 5.41) is 2.42. The number of amides is 1. The largest absolute Gasteiger partial charge is 0.490 e. The average molecular weight is 360 g/mol. The Morgan fingerprint density at radius 2 is 1.88 bits per heavy atom. The minimum Gasteiger partial charge on any atom is -0.490 e. The van der Waals surface area contributed by atoms with Gasteiger partial charge in [-0.1, -0.05) is 0 Å². The molecule has 130 valence electrons. The highest BCUT2D eigenvalue weighted by Crippen LogP contribution is 2.34. The molecule has 1 amide bonds. The van der Waals surface area contributed by atoms with E-state index < -0.39 is 22.7 Å². The fourth-order valence-corrected chi connectivity index (χ4v) is 2.63. The molecule has 2 aromatic rings. The quantitative estimate of drug-likeness (QED) is 0.838. The molecule has 0 spiro atoms. The summed E-state index contributed by atoms with van der Waals surface area (Å²) in [6.07, 6.45) is -4.68. The predicted molar refractivity (Wildman–Crippen MR) is 83.8 cm³/mol. The number of nitrogens with one attached hydrogen (secondary N) is 1. The van der Waals surface area contributed by atoms with E-state index in [4.69, 9.17) is 9.47 Å². The van der Waals surface area contributed by atoms with Crippen molar-refractivity contribution >= 4 is 22.9 Å². The summed E-state index contributed by atoms with van der Waals surface area (Å²) >= 11 is 0.630. The van der Waals surface area contributed by atoms with Gasteiger partial charge in [0, 0.05) is 11.8 Å². The van der Waals surface area contributed by atoms with E-state index in [2.05, 4.69) is 10.3 Å². The van der Waals surface area contributed by atoms with E-state index in [0.29, 0.717) is 41.7 Å². The Balaban J connectivity index is 2.23. The number of alkyl halides is 3. The molecule has 1 aromatic heterocycles. The van der Waals surface area contributed by atoms with Crippen LogP contribution in [0, 0.1) is 0 Å². The summed E-state index contributed by atoms with van der Waals surface area (Å²) in [4.78, 5) is 14.8. The molecule has 0 fully saturated rings. The molecule has 0 aliphatic heterocycles. The van der Waals surface area contributed by atoms with Crippen LogP contribution < -0.4 is 14.8 Å². The van der Waals surface area contributed by atoms with Crippen molar-refractivity contribution in [3.8, 4) is 11.5 Å². The molecular formula is C15H15F3N2O3S. The highest BCUT2D eigenvalue weighted by atomic mass is 32.1. The lowest BCUT2D eigenvalue weighted by Crippen LogP contribution is -2.17. The van der Waals surface area contributed by atoms with Gasteiger partial charge in [-0.05, 0) is 26.0 Å². The molecule has 1 heterocycles. The molecule has 0 atom stereocenters. The van der Waals surface area contributed by atoms with Gasteiger partial charge in [-0.3, -0.25) is 4.79 Å². The third-order valence-corrected chi connectivity index (χ3v) is 3.67. The molecule has 0 bridgehead atoms. The van der Waals surface area contributed by atoms with E-state index in [1.807, 2.05) is 6.92 Å². The van der Waals surface area contributed by atoms with Crippen molar-refractivity contribution < 1.29 is 27.4 Å². The van der Waals surface area contributed by atoms with Crippen molar-refractivity contribution in [3.63, 3.8) is 0 Å². The van der Waals surface area contributed by atoms with Crippen molar-refractivity contribution in [2.45, 2.75) is 20.0 Å². The third-order valence-electron chi connectivity index (χ3n) is 2.84. The number of carbonyl (C=O) groups is 1. The second-order valence-corrected chi connectivity index (χ2v) is 5.36. The number of aromatic nitrogens is 1. The SMILES string of the molecule is CCOc1ccc(NC(=O)c2scnc2C(F)(F)F)cc1OCC. The topological polar surface area (TPSA) is 60.5 Å². The molecule has 1 N–H and O–H groups in total. The van der Waals surface area contributed by atoms with Gasteiger partial charge in [0.25, 0.3) is 5.91 Å². The normalized spacial score (nSPS) is 11.2. The molecule has 0 radical (unpaired) electrons. The van der Waals surface area contributed by atoms with Crippen molar-refractivity contribution in [1.82, 2.24) is 4.98 Å². The Morgan fingerprint density at radius 1 is 1.21 bits per heavy atom. The second kappa shape index (κ2) is 7.52. The molecule has 0 saturated carbocycles. The van der Waals surface area contributed by atoms with Gasteiger partial charge in [-0.2, -0.15) is 13.2 Å². The monoisotopic (exact) mass is 360 g/mol. The Kier molecular flexibility index (Phi) is 5.66. The van der Waals surface area contributed by atoms with Gasteiger partial charge in [-0.15, -0.1) is 11.3 Å². The Morgan fingerprint density at radius 3 is 2.50 bits per heavy atom. The number of anilines is 1. The zero-order chi connectivity index (χ0) is 17.7. The first-order valence-corrected chi connectivity index (χ1v) is 7.96. The molecule has 2 rings (SSSR count). The number of thiazole rings is 1. The maximum Gasteiger partial charge on any atom is 0.434 e. The Bertz CT molecular complexity index is 716. The van der Waals surface area contributed by atoms with E-state index in [0.717, 1.165) is 5.51 Å². The van der Waals surface area contributed by atoms with Gasteiger partial charge in [0.2, 0.25) is 0 Å². The van der Waals surface area contributed by atoms with Gasteiger partial charge in [0.05, 0.1) is 18.7 Å². The van der Waals surface area contributed by atoms with Crippen molar-refractivity contribution in [1.29, 1.82) is 0 Å². The number of carbonyl (C=O) groups excluding carboxylic acids is 1. The number of hydrogen-bond donors (Lipinski definition) is 1. The smallest absolute Gasteiger partial charge is 0.434 e. The Labute approximate surface area is 140 Å². The average Bonchev–Trinajstić information content (AvgIpc) is 3.00. The molecule has 9 heteroatoms. The first-order chi connectivity index (χ1) is 11.4. The van der Waals surface area contributed by atoms with Crippen LogP contribution in [0.2, 0.25) is 0 Å². The molecule has 5 nitrogen and oxygen atoms in total. The molecule has 0 unspecified atom stereocenters. The molecular weight excluding hydrogens is 345 g/mol. The summed E-state index contributed by atoms with van der Waals surface area (Å²) in [6.45, 7) is 4.41. The molecule has 24 heavy (non-hydrogen) atoms. The molecule has 0 saturated heterocycles. The van der Waals surface area contributed by atoms with Gasteiger partial charge in [0.1, 0.15) is 4.88 Å². The predicted octanol–water partition coefficient (Wildman–Crippen LogP) is 4.21.